The molecular weight excluding hydrogens is 232 g/mol. The zero-order valence-corrected chi connectivity index (χ0v) is 14.2. The van der Waals surface area contributed by atoms with E-state index in [4.69, 9.17) is 0 Å². The fourth-order valence-electron chi connectivity index (χ4n) is 1.76. The van der Waals surface area contributed by atoms with Crippen molar-refractivity contribution in [3.05, 3.63) is 11.6 Å². The van der Waals surface area contributed by atoms with Gasteiger partial charge in [-0.2, -0.15) is 0 Å². The monoisotopic (exact) mass is 264 g/mol. The van der Waals surface area contributed by atoms with Crippen LogP contribution in [0.15, 0.2) is 11.6 Å². The first-order valence-electron chi connectivity index (χ1n) is 7.65. The lowest BCUT2D eigenvalue weighted by Gasteiger charge is -2.03. The summed E-state index contributed by atoms with van der Waals surface area (Å²) in [4.78, 5) is 0. The maximum Gasteiger partial charge on any atom is 0.129 e. The van der Waals surface area contributed by atoms with Crippen LogP contribution in [0, 0.1) is 11.5 Å². The maximum absolute atomic E-state index is 3.42. The third-order valence-corrected chi connectivity index (χ3v) is 3.77. The Bertz CT molecular complexity index is 283. The van der Waals surface area contributed by atoms with Gasteiger partial charge in [-0.3, -0.25) is 0 Å². The quantitative estimate of drug-likeness (QED) is 0.288. The van der Waals surface area contributed by atoms with Gasteiger partial charge in [0.15, 0.2) is 0 Å². The molecule has 0 bridgehead atoms. The van der Waals surface area contributed by atoms with Gasteiger partial charge in [-0.05, 0) is 25.3 Å². The summed E-state index contributed by atoms with van der Waals surface area (Å²) in [7, 11) is -1.20. The molecule has 0 aromatic carbocycles. The standard InChI is InChI=1S/C17H32Si/c1-6-7-8-9-10-11-12-13-14-17(2)15-16-18(3,4)5/h14H,6-13H2,1-5H3/b17-14+. The molecule has 18 heavy (non-hydrogen) atoms. The van der Waals surface area contributed by atoms with Gasteiger partial charge >= 0.3 is 0 Å². The molecule has 0 aromatic heterocycles. The predicted octanol–water partition coefficient (Wildman–Crippen LogP) is 5.95. The van der Waals surface area contributed by atoms with E-state index in [1.54, 1.807) is 0 Å². The lowest BCUT2D eigenvalue weighted by Crippen LogP contribution is -2.16. The molecule has 0 N–H and O–H groups in total. The van der Waals surface area contributed by atoms with E-state index < -0.39 is 8.07 Å². The Balaban J connectivity index is 3.60. The fraction of sp³-hybridized carbons (Fsp3) is 0.765. The number of hydrogen-bond acceptors (Lipinski definition) is 0. The molecule has 0 radical (unpaired) electrons. The van der Waals surface area contributed by atoms with E-state index in [1.807, 2.05) is 0 Å². The van der Waals surface area contributed by atoms with Crippen molar-refractivity contribution in [1.29, 1.82) is 0 Å². The molecule has 1 heteroatoms. The van der Waals surface area contributed by atoms with Gasteiger partial charge in [0, 0.05) is 0 Å². The largest absolute Gasteiger partial charge is 0.129 e. The minimum Gasteiger partial charge on any atom is -0.127 e. The summed E-state index contributed by atoms with van der Waals surface area (Å²) in [5.74, 6) is 3.31. The zero-order valence-electron chi connectivity index (χ0n) is 13.2. The van der Waals surface area contributed by atoms with Crippen molar-refractivity contribution in [2.75, 3.05) is 0 Å². The maximum atomic E-state index is 3.42. The zero-order chi connectivity index (χ0) is 13.9. The molecule has 0 aromatic rings. The molecule has 0 rings (SSSR count). The van der Waals surface area contributed by atoms with Crippen LogP contribution in [0.3, 0.4) is 0 Å². The number of rotatable bonds is 8. The normalized spacial score (nSPS) is 12.2. The van der Waals surface area contributed by atoms with Crippen LogP contribution in [-0.2, 0) is 0 Å². The van der Waals surface area contributed by atoms with Crippen molar-refractivity contribution in [2.45, 2.75) is 84.9 Å². The van der Waals surface area contributed by atoms with Gasteiger partial charge in [-0.1, -0.05) is 77.1 Å². The van der Waals surface area contributed by atoms with Crippen LogP contribution in [0.2, 0.25) is 19.6 Å². The molecule has 0 spiro atoms. The van der Waals surface area contributed by atoms with E-state index in [0.29, 0.717) is 0 Å². The first-order valence-corrected chi connectivity index (χ1v) is 11.2. The van der Waals surface area contributed by atoms with E-state index in [1.165, 1.54) is 56.9 Å². The summed E-state index contributed by atoms with van der Waals surface area (Å²) < 4.78 is 0. The molecule has 0 aliphatic heterocycles. The highest BCUT2D eigenvalue weighted by molar-refractivity contribution is 6.83. The van der Waals surface area contributed by atoms with Crippen LogP contribution in [0.4, 0.5) is 0 Å². The predicted molar refractivity (Wildman–Crippen MR) is 87.5 cm³/mol. The minimum atomic E-state index is -1.20. The van der Waals surface area contributed by atoms with Gasteiger partial charge in [0.2, 0.25) is 0 Å². The van der Waals surface area contributed by atoms with E-state index in [2.05, 4.69) is 51.0 Å². The van der Waals surface area contributed by atoms with Crippen LogP contribution in [0.25, 0.3) is 0 Å². The van der Waals surface area contributed by atoms with E-state index in [-0.39, 0.29) is 0 Å². The van der Waals surface area contributed by atoms with Gasteiger partial charge in [0.1, 0.15) is 8.07 Å². The van der Waals surface area contributed by atoms with Crippen LogP contribution < -0.4 is 0 Å². The van der Waals surface area contributed by atoms with Gasteiger partial charge in [-0.15, -0.1) is 5.54 Å². The topological polar surface area (TPSA) is 0 Å². The van der Waals surface area contributed by atoms with Crippen molar-refractivity contribution in [1.82, 2.24) is 0 Å². The highest BCUT2D eigenvalue weighted by atomic mass is 28.3. The third-order valence-electron chi connectivity index (χ3n) is 2.89. The molecule has 0 amide bonds. The van der Waals surface area contributed by atoms with E-state index >= 15 is 0 Å². The Morgan fingerprint density at radius 2 is 1.50 bits per heavy atom. The average Bonchev–Trinajstić information content (AvgIpc) is 2.29. The molecule has 0 heterocycles. The van der Waals surface area contributed by atoms with Crippen molar-refractivity contribution in [2.24, 2.45) is 0 Å². The van der Waals surface area contributed by atoms with Crippen molar-refractivity contribution in [3.63, 3.8) is 0 Å². The summed E-state index contributed by atoms with van der Waals surface area (Å²) in [6.07, 6.45) is 13.3. The molecule has 0 saturated carbocycles. The van der Waals surface area contributed by atoms with E-state index in [9.17, 15) is 0 Å². The summed E-state index contributed by atoms with van der Waals surface area (Å²) in [5, 5.41) is 0. The van der Waals surface area contributed by atoms with Crippen LogP contribution in [0.5, 0.6) is 0 Å². The van der Waals surface area contributed by atoms with Crippen LogP contribution in [0.1, 0.15) is 65.2 Å². The lowest BCUT2D eigenvalue weighted by molar-refractivity contribution is 0.592. The molecule has 0 unspecified atom stereocenters. The van der Waals surface area contributed by atoms with Gasteiger partial charge < -0.3 is 0 Å². The summed E-state index contributed by atoms with van der Waals surface area (Å²) in [5.41, 5.74) is 4.68. The summed E-state index contributed by atoms with van der Waals surface area (Å²) >= 11 is 0. The number of allylic oxidation sites excluding steroid dienone is 2. The molecule has 0 aliphatic rings. The lowest BCUT2D eigenvalue weighted by atomic mass is 10.1. The molecule has 0 fully saturated rings. The molecule has 0 atom stereocenters. The van der Waals surface area contributed by atoms with Crippen molar-refractivity contribution in [3.8, 4) is 11.5 Å². The highest BCUT2D eigenvalue weighted by Gasteiger charge is 2.06. The second kappa shape index (κ2) is 10.4. The van der Waals surface area contributed by atoms with Gasteiger partial charge in [-0.25, -0.2) is 0 Å². The third kappa shape index (κ3) is 13.6. The second-order valence-corrected chi connectivity index (χ2v) is 11.0. The fourth-order valence-corrected chi connectivity index (χ4v) is 2.33. The highest BCUT2D eigenvalue weighted by Crippen LogP contribution is 2.09. The smallest absolute Gasteiger partial charge is 0.127 e. The Morgan fingerprint density at radius 3 is 2.06 bits per heavy atom. The first kappa shape index (κ1) is 17.5. The first-order chi connectivity index (χ1) is 8.45. The Hall–Kier alpha value is -0.483. The molecular formula is C17H32Si. The summed E-state index contributed by atoms with van der Waals surface area (Å²) in [6.45, 7) is 11.3. The van der Waals surface area contributed by atoms with E-state index in [0.717, 1.165) is 0 Å². The molecule has 0 nitrogen and oxygen atoms in total. The Labute approximate surface area is 116 Å². The van der Waals surface area contributed by atoms with Gasteiger partial charge in [0.25, 0.3) is 0 Å². The molecule has 104 valence electrons. The van der Waals surface area contributed by atoms with Crippen LogP contribution >= 0.6 is 0 Å². The average molecular weight is 265 g/mol. The SMILES string of the molecule is CCCCCCCCC/C=C(\C)C#C[Si](C)(C)C. The minimum absolute atomic E-state index is 1.20. The van der Waals surface area contributed by atoms with Crippen LogP contribution in [-0.4, -0.2) is 8.07 Å². The summed E-state index contributed by atoms with van der Waals surface area (Å²) in [6, 6.07) is 0. The van der Waals surface area contributed by atoms with Gasteiger partial charge in [0.05, 0.1) is 0 Å². The van der Waals surface area contributed by atoms with Crippen molar-refractivity contribution >= 4 is 8.07 Å². The molecule has 0 aliphatic carbocycles. The Morgan fingerprint density at radius 1 is 0.944 bits per heavy atom. The van der Waals surface area contributed by atoms with Crippen molar-refractivity contribution < 1.29 is 0 Å². The number of hydrogen-bond donors (Lipinski definition) is 0. The Kier molecular flexibility index (Phi) is 10.2. The molecule has 0 saturated heterocycles. The second-order valence-electron chi connectivity index (χ2n) is 6.30. The number of unbranched alkanes of at least 4 members (excludes halogenated alkanes) is 7.